The lowest BCUT2D eigenvalue weighted by molar-refractivity contribution is -0.384. The van der Waals surface area contributed by atoms with Crippen molar-refractivity contribution in [2.45, 2.75) is 0 Å². The molecule has 0 bridgehead atoms. The monoisotopic (exact) mass is 230 g/mol. The first-order valence-corrected chi connectivity index (χ1v) is 5.78. The second kappa shape index (κ2) is 3.98. The average Bonchev–Trinajstić information content (AvgIpc) is 2.15. The summed E-state index contributed by atoms with van der Waals surface area (Å²) in [5.74, 6) is 0. The van der Waals surface area contributed by atoms with Crippen LogP contribution in [0.1, 0.15) is 0 Å². The first-order valence-electron chi connectivity index (χ1n) is 3.98. The SMILES string of the molecule is CN(c1ccc([N+](=O)[O-])cc1)P(N)(N)=O. The zero-order valence-corrected chi connectivity index (χ0v) is 8.92. The molecule has 0 aliphatic carbocycles. The number of non-ortho nitro benzene ring substituents is 1. The highest BCUT2D eigenvalue weighted by atomic mass is 31.2. The Balaban J connectivity index is 2.99. The molecular weight excluding hydrogens is 219 g/mol. The Morgan fingerprint density at radius 1 is 1.33 bits per heavy atom. The maximum absolute atomic E-state index is 11.3. The Hall–Kier alpha value is -1.43. The van der Waals surface area contributed by atoms with E-state index in [-0.39, 0.29) is 5.69 Å². The molecule has 1 rings (SSSR count). The lowest BCUT2D eigenvalue weighted by atomic mass is 10.3. The van der Waals surface area contributed by atoms with Gasteiger partial charge in [-0.2, -0.15) is 0 Å². The van der Waals surface area contributed by atoms with Gasteiger partial charge in [0, 0.05) is 24.9 Å². The first kappa shape index (κ1) is 11.6. The van der Waals surface area contributed by atoms with E-state index >= 15 is 0 Å². The topological polar surface area (TPSA) is 115 Å². The molecule has 0 heterocycles. The van der Waals surface area contributed by atoms with Crippen molar-refractivity contribution in [2.24, 2.45) is 11.0 Å². The van der Waals surface area contributed by atoms with Crippen molar-refractivity contribution in [3.63, 3.8) is 0 Å². The zero-order chi connectivity index (χ0) is 11.6. The summed E-state index contributed by atoms with van der Waals surface area (Å²) in [7, 11) is -1.89. The number of rotatable bonds is 3. The van der Waals surface area contributed by atoms with Crippen molar-refractivity contribution < 1.29 is 9.49 Å². The van der Waals surface area contributed by atoms with E-state index in [2.05, 4.69) is 0 Å². The van der Waals surface area contributed by atoms with Crippen molar-refractivity contribution >= 4 is 19.0 Å². The molecule has 4 N–H and O–H groups in total. The van der Waals surface area contributed by atoms with E-state index in [1.165, 1.54) is 36.0 Å². The van der Waals surface area contributed by atoms with Crippen LogP contribution in [0.3, 0.4) is 0 Å². The van der Waals surface area contributed by atoms with Gasteiger partial charge in [0.25, 0.3) is 13.3 Å². The number of anilines is 1. The van der Waals surface area contributed by atoms with Crippen LogP contribution in [0.25, 0.3) is 0 Å². The van der Waals surface area contributed by atoms with Crippen LogP contribution in [-0.4, -0.2) is 12.0 Å². The number of nitro benzene ring substituents is 1. The molecule has 1 aromatic carbocycles. The summed E-state index contributed by atoms with van der Waals surface area (Å²) in [6, 6.07) is 5.46. The van der Waals surface area contributed by atoms with Gasteiger partial charge < -0.3 is 4.67 Å². The highest BCUT2D eigenvalue weighted by Gasteiger charge is 2.17. The third kappa shape index (κ3) is 2.76. The number of nitrogens with two attached hydrogens (primary N) is 2. The Morgan fingerprint density at radius 2 is 1.80 bits per heavy atom. The summed E-state index contributed by atoms with van der Waals surface area (Å²) in [6.07, 6.45) is 0. The molecule has 1 aromatic rings. The zero-order valence-electron chi connectivity index (χ0n) is 8.03. The van der Waals surface area contributed by atoms with Crippen LogP contribution < -0.4 is 15.7 Å². The van der Waals surface area contributed by atoms with Crippen LogP contribution in [-0.2, 0) is 4.57 Å². The van der Waals surface area contributed by atoms with Gasteiger partial charge in [-0.05, 0) is 12.1 Å². The average molecular weight is 230 g/mol. The molecule has 0 saturated carbocycles. The fourth-order valence-electron chi connectivity index (χ4n) is 0.971. The number of hydrogen-bond acceptors (Lipinski definition) is 3. The van der Waals surface area contributed by atoms with Gasteiger partial charge in [-0.3, -0.25) is 25.7 Å². The predicted molar refractivity (Wildman–Crippen MR) is 57.5 cm³/mol. The number of hydrogen-bond donors (Lipinski definition) is 2. The van der Waals surface area contributed by atoms with Crippen molar-refractivity contribution in [2.75, 3.05) is 11.7 Å². The van der Waals surface area contributed by atoms with Gasteiger partial charge in [-0.1, -0.05) is 0 Å². The molecule has 0 aliphatic heterocycles. The molecule has 0 aliphatic rings. The van der Waals surface area contributed by atoms with E-state index < -0.39 is 12.5 Å². The van der Waals surface area contributed by atoms with E-state index in [0.717, 1.165) is 0 Å². The van der Waals surface area contributed by atoms with Gasteiger partial charge in [-0.25, -0.2) is 0 Å². The molecule has 15 heavy (non-hydrogen) atoms. The van der Waals surface area contributed by atoms with Crippen molar-refractivity contribution in [3.05, 3.63) is 34.4 Å². The molecule has 0 amide bonds. The minimum Gasteiger partial charge on any atom is -0.303 e. The van der Waals surface area contributed by atoms with Gasteiger partial charge in [0.15, 0.2) is 0 Å². The summed E-state index contributed by atoms with van der Waals surface area (Å²) < 4.78 is 12.5. The van der Waals surface area contributed by atoms with Gasteiger partial charge in [0.1, 0.15) is 0 Å². The third-order valence-electron chi connectivity index (χ3n) is 1.90. The van der Waals surface area contributed by atoms with Gasteiger partial charge >= 0.3 is 0 Å². The van der Waals surface area contributed by atoms with E-state index in [1.807, 2.05) is 0 Å². The fourth-order valence-corrected chi connectivity index (χ4v) is 1.46. The standard InChI is InChI=1S/C7H11N4O3P/c1-10(15(8,9)14)6-2-4-7(5-3-6)11(12)13/h2-5H,1H3,(H4,8,9,14). The summed E-state index contributed by atoms with van der Waals surface area (Å²) in [5, 5.41) is 10.4. The Kier molecular flexibility index (Phi) is 3.09. The lowest BCUT2D eigenvalue weighted by Gasteiger charge is -2.22. The molecule has 0 radical (unpaired) electrons. The summed E-state index contributed by atoms with van der Waals surface area (Å²) in [5.41, 5.74) is 10.9. The normalized spacial score (nSPS) is 11.1. The fraction of sp³-hybridized carbons (Fsp3) is 0.143. The lowest BCUT2D eigenvalue weighted by Crippen LogP contribution is -2.24. The van der Waals surface area contributed by atoms with Crippen LogP contribution in [0.5, 0.6) is 0 Å². The van der Waals surface area contributed by atoms with Crippen LogP contribution in [0, 0.1) is 10.1 Å². The molecule has 7 nitrogen and oxygen atoms in total. The number of nitro groups is 1. The molecule has 0 unspecified atom stereocenters. The van der Waals surface area contributed by atoms with Gasteiger partial charge in [0.2, 0.25) is 0 Å². The maximum atomic E-state index is 11.3. The molecule has 8 heteroatoms. The first-order chi connectivity index (χ1) is 6.82. The van der Waals surface area contributed by atoms with Crippen molar-refractivity contribution in [1.82, 2.24) is 0 Å². The Bertz CT molecular complexity index is 413. The van der Waals surface area contributed by atoms with Crippen LogP contribution in [0.4, 0.5) is 11.4 Å². The second-order valence-electron chi connectivity index (χ2n) is 2.97. The van der Waals surface area contributed by atoms with Gasteiger partial charge in [0.05, 0.1) is 4.92 Å². The summed E-state index contributed by atoms with van der Waals surface area (Å²) >= 11 is 0. The highest BCUT2D eigenvalue weighted by Crippen LogP contribution is 2.35. The molecule has 0 spiro atoms. The second-order valence-corrected chi connectivity index (χ2v) is 4.91. The smallest absolute Gasteiger partial charge is 0.300 e. The number of benzene rings is 1. The highest BCUT2D eigenvalue weighted by molar-refractivity contribution is 7.60. The van der Waals surface area contributed by atoms with Crippen LogP contribution in [0.2, 0.25) is 0 Å². The minimum atomic E-state index is -3.35. The Morgan fingerprint density at radius 3 is 2.13 bits per heavy atom. The summed E-state index contributed by atoms with van der Waals surface area (Å²) in [6.45, 7) is 0. The molecular formula is C7H11N4O3P. The minimum absolute atomic E-state index is 0.0453. The quantitative estimate of drug-likeness (QED) is 0.455. The van der Waals surface area contributed by atoms with Crippen LogP contribution in [0.15, 0.2) is 24.3 Å². The van der Waals surface area contributed by atoms with Crippen molar-refractivity contribution in [1.29, 1.82) is 0 Å². The molecule has 0 atom stereocenters. The van der Waals surface area contributed by atoms with E-state index in [4.69, 9.17) is 11.0 Å². The van der Waals surface area contributed by atoms with E-state index in [1.54, 1.807) is 0 Å². The van der Waals surface area contributed by atoms with E-state index in [0.29, 0.717) is 5.69 Å². The summed E-state index contributed by atoms with van der Waals surface area (Å²) in [4.78, 5) is 9.85. The maximum Gasteiger partial charge on any atom is 0.300 e. The predicted octanol–water partition coefficient (Wildman–Crippen LogP) is 1.06. The molecule has 0 fully saturated rings. The largest absolute Gasteiger partial charge is 0.303 e. The molecule has 0 aromatic heterocycles. The Labute approximate surface area is 86.3 Å². The van der Waals surface area contributed by atoms with Crippen LogP contribution >= 0.6 is 7.59 Å². The van der Waals surface area contributed by atoms with Crippen molar-refractivity contribution in [3.8, 4) is 0 Å². The number of nitrogens with zero attached hydrogens (tertiary/aromatic N) is 2. The third-order valence-corrected chi connectivity index (χ3v) is 3.07. The molecule has 0 saturated heterocycles. The van der Waals surface area contributed by atoms with Gasteiger partial charge in [-0.15, -0.1) is 0 Å². The van der Waals surface area contributed by atoms with E-state index in [9.17, 15) is 14.7 Å². The molecule has 82 valence electrons.